The van der Waals surface area contributed by atoms with E-state index in [1.165, 1.54) is 16.2 Å². The molecule has 6 nitrogen and oxygen atoms in total. The fourth-order valence-electron chi connectivity index (χ4n) is 2.94. The van der Waals surface area contributed by atoms with Crippen LogP contribution in [0.5, 0.6) is 0 Å². The number of ether oxygens (including phenoxy) is 1. The van der Waals surface area contributed by atoms with Crippen LogP contribution in [0.3, 0.4) is 0 Å². The predicted molar refractivity (Wildman–Crippen MR) is 95.0 cm³/mol. The van der Waals surface area contributed by atoms with E-state index in [1.807, 2.05) is 30.3 Å². The standard InChI is InChI=1S/C17H17ClN2O4S/c18-14-10-25-16(19-14)20(13-7-6-12(8-13)15(21)22)17(23)24-9-11-4-2-1-3-5-11/h1-5,10,12-13H,6-9H2,(H,21,22)/t12-,13+/m1/s1. The minimum absolute atomic E-state index is 0.143. The molecule has 1 fully saturated rings. The van der Waals surface area contributed by atoms with Gasteiger partial charge in [-0.15, -0.1) is 11.3 Å². The molecule has 25 heavy (non-hydrogen) atoms. The number of carboxylic acid groups (broad SMARTS) is 1. The molecule has 1 N–H and O–H groups in total. The number of carbonyl (C=O) groups is 2. The highest BCUT2D eigenvalue weighted by Gasteiger charge is 2.38. The Morgan fingerprint density at radius 1 is 1.32 bits per heavy atom. The molecule has 1 aliphatic rings. The van der Waals surface area contributed by atoms with Crippen LogP contribution < -0.4 is 4.90 Å². The molecular weight excluding hydrogens is 364 g/mol. The zero-order valence-electron chi connectivity index (χ0n) is 13.3. The van der Waals surface area contributed by atoms with Crippen molar-refractivity contribution < 1.29 is 19.4 Å². The molecule has 0 unspecified atom stereocenters. The number of benzene rings is 1. The van der Waals surface area contributed by atoms with Gasteiger partial charge in [-0.05, 0) is 24.8 Å². The van der Waals surface area contributed by atoms with Gasteiger partial charge in [0.25, 0.3) is 0 Å². The number of aromatic nitrogens is 1. The number of hydrogen-bond acceptors (Lipinski definition) is 5. The van der Waals surface area contributed by atoms with E-state index in [0.29, 0.717) is 29.5 Å². The van der Waals surface area contributed by atoms with Crippen LogP contribution in [-0.2, 0) is 16.1 Å². The topological polar surface area (TPSA) is 79.7 Å². The van der Waals surface area contributed by atoms with Crippen molar-refractivity contribution in [3.63, 3.8) is 0 Å². The molecule has 1 aromatic carbocycles. The van der Waals surface area contributed by atoms with Crippen LogP contribution in [-0.4, -0.2) is 28.2 Å². The van der Waals surface area contributed by atoms with E-state index in [1.54, 1.807) is 5.38 Å². The minimum atomic E-state index is -0.836. The van der Waals surface area contributed by atoms with Gasteiger partial charge in [0.2, 0.25) is 0 Å². The lowest BCUT2D eigenvalue weighted by Gasteiger charge is -2.25. The molecule has 0 aliphatic heterocycles. The van der Waals surface area contributed by atoms with Crippen LogP contribution in [0.2, 0.25) is 5.15 Å². The van der Waals surface area contributed by atoms with E-state index in [0.717, 1.165) is 5.56 Å². The molecule has 2 aromatic rings. The molecule has 1 heterocycles. The van der Waals surface area contributed by atoms with Crippen LogP contribution >= 0.6 is 22.9 Å². The predicted octanol–water partition coefficient (Wildman–Crippen LogP) is 4.19. The Bertz CT molecular complexity index is 752. The van der Waals surface area contributed by atoms with E-state index in [2.05, 4.69) is 4.98 Å². The molecule has 8 heteroatoms. The Labute approximate surface area is 154 Å². The third-order valence-corrected chi connectivity index (χ3v) is 5.35. The van der Waals surface area contributed by atoms with Gasteiger partial charge in [-0.2, -0.15) is 0 Å². The van der Waals surface area contributed by atoms with E-state index >= 15 is 0 Å². The summed E-state index contributed by atoms with van der Waals surface area (Å²) in [4.78, 5) is 29.5. The quantitative estimate of drug-likeness (QED) is 0.841. The van der Waals surface area contributed by atoms with Crippen molar-refractivity contribution in [3.8, 4) is 0 Å². The summed E-state index contributed by atoms with van der Waals surface area (Å²) in [5.74, 6) is -1.29. The lowest BCUT2D eigenvalue weighted by molar-refractivity contribution is -0.141. The number of halogens is 1. The number of hydrogen-bond donors (Lipinski definition) is 1. The Hall–Kier alpha value is -2.12. The Kier molecular flexibility index (Phi) is 5.55. The average Bonchev–Trinajstić information content (AvgIpc) is 3.24. The Morgan fingerprint density at radius 2 is 2.08 bits per heavy atom. The van der Waals surface area contributed by atoms with Crippen molar-refractivity contribution in [2.24, 2.45) is 5.92 Å². The second kappa shape index (κ2) is 7.84. The zero-order chi connectivity index (χ0) is 17.8. The number of nitrogens with zero attached hydrogens (tertiary/aromatic N) is 2. The number of thiazole rings is 1. The maximum atomic E-state index is 12.7. The van der Waals surface area contributed by atoms with Gasteiger partial charge in [-0.25, -0.2) is 14.7 Å². The van der Waals surface area contributed by atoms with Crippen molar-refractivity contribution in [1.82, 2.24) is 4.98 Å². The largest absolute Gasteiger partial charge is 0.481 e. The summed E-state index contributed by atoms with van der Waals surface area (Å²) in [6.45, 7) is 0.143. The van der Waals surface area contributed by atoms with E-state index in [-0.39, 0.29) is 12.6 Å². The van der Waals surface area contributed by atoms with Crippen LogP contribution in [0.1, 0.15) is 24.8 Å². The lowest BCUT2D eigenvalue weighted by atomic mass is 10.1. The van der Waals surface area contributed by atoms with Crippen molar-refractivity contribution in [1.29, 1.82) is 0 Å². The second-order valence-electron chi connectivity index (χ2n) is 5.87. The molecule has 1 amide bonds. The first-order chi connectivity index (χ1) is 12.0. The monoisotopic (exact) mass is 380 g/mol. The summed E-state index contributed by atoms with van der Waals surface area (Å²) in [5, 5.41) is 11.6. The molecule has 1 saturated carbocycles. The number of carbonyl (C=O) groups excluding carboxylic acids is 1. The summed E-state index contributed by atoms with van der Waals surface area (Å²) in [6, 6.07) is 9.11. The molecular formula is C17H17ClN2O4S. The first-order valence-corrected chi connectivity index (χ1v) is 9.14. The van der Waals surface area contributed by atoms with Crippen molar-refractivity contribution in [2.45, 2.75) is 31.9 Å². The van der Waals surface area contributed by atoms with E-state index in [4.69, 9.17) is 16.3 Å². The summed E-state index contributed by atoms with van der Waals surface area (Å²) in [7, 11) is 0. The molecule has 0 bridgehead atoms. The Morgan fingerprint density at radius 3 is 2.68 bits per heavy atom. The van der Waals surface area contributed by atoms with E-state index in [9.17, 15) is 14.7 Å². The number of aliphatic carboxylic acids is 1. The third-order valence-electron chi connectivity index (χ3n) is 4.19. The van der Waals surface area contributed by atoms with Gasteiger partial charge in [0.1, 0.15) is 11.8 Å². The highest BCUT2D eigenvalue weighted by molar-refractivity contribution is 7.14. The smallest absolute Gasteiger partial charge is 0.416 e. The summed E-state index contributed by atoms with van der Waals surface area (Å²) in [6.07, 6.45) is 0.967. The number of rotatable bonds is 5. The van der Waals surface area contributed by atoms with Gasteiger partial charge in [-0.1, -0.05) is 41.9 Å². The SMILES string of the molecule is O=C(O)[C@@H]1CC[C@H](N(C(=O)OCc2ccccc2)c2nc(Cl)cs2)C1. The molecule has 1 aromatic heterocycles. The average molecular weight is 381 g/mol. The first-order valence-electron chi connectivity index (χ1n) is 7.88. The van der Waals surface area contributed by atoms with E-state index < -0.39 is 18.0 Å². The van der Waals surface area contributed by atoms with Gasteiger partial charge < -0.3 is 9.84 Å². The molecule has 132 valence electrons. The van der Waals surface area contributed by atoms with Gasteiger partial charge in [0, 0.05) is 11.4 Å². The number of anilines is 1. The summed E-state index contributed by atoms with van der Waals surface area (Å²) < 4.78 is 5.43. The molecule has 0 radical (unpaired) electrons. The molecule has 0 saturated heterocycles. The van der Waals surface area contributed by atoms with Crippen LogP contribution in [0.4, 0.5) is 9.93 Å². The molecule has 2 atom stereocenters. The third kappa shape index (κ3) is 4.29. The molecule has 1 aliphatic carbocycles. The van der Waals surface area contributed by atoms with Crippen LogP contribution in [0, 0.1) is 5.92 Å². The highest BCUT2D eigenvalue weighted by Crippen LogP contribution is 2.35. The van der Waals surface area contributed by atoms with Gasteiger partial charge in [-0.3, -0.25) is 4.79 Å². The van der Waals surface area contributed by atoms with Crippen molar-refractivity contribution in [2.75, 3.05) is 4.90 Å². The fourth-order valence-corrected chi connectivity index (χ4v) is 3.95. The van der Waals surface area contributed by atoms with Gasteiger partial charge >= 0.3 is 12.1 Å². The first kappa shape index (κ1) is 17.7. The highest BCUT2D eigenvalue weighted by atomic mass is 35.5. The van der Waals surface area contributed by atoms with Crippen LogP contribution in [0.15, 0.2) is 35.7 Å². The van der Waals surface area contributed by atoms with Gasteiger partial charge in [0.05, 0.1) is 5.92 Å². The molecule has 3 rings (SSSR count). The Balaban J connectivity index is 1.74. The van der Waals surface area contributed by atoms with Gasteiger partial charge in [0.15, 0.2) is 5.13 Å². The number of amides is 1. The van der Waals surface area contributed by atoms with Crippen LogP contribution in [0.25, 0.3) is 0 Å². The maximum absolute atomic E-state index is 12.7. The normalized spacial score (nSPS) is 19.6. The molecule has 0 spiro atoms. The van der Waals surface area contributed by atoms with Crippen molar-refractivity contribution in [3.05, 3.63) is 46.4 Å². The summed E-state index contributed by atoms with van der Waals surface area (Å²) in [5.41, 5.74) is 0.878. The minimum Gasteiger partial charge on any atom is -0.481 e. The fraction of sp³-hybridized carbons (Fsp3) is 0.353. The number of carboxylic acids is 1. The maximum Gasteiger partial charge on any atom is 0.416 e. The zero-order valence-corrected chi connectivity index (χ0v) is 14.9. The lowest BCUT2D eigenvalue weighted by Crippen LogP contribution is -2.39. The van der Waals surface area contributed by atoms with Crippen molar-refractivity contribution >= 4 is 40.1 Å². The second-order valence-corrected chi connectivity index (χ2v) is 7.09. The summed E-state index contributed by atoms with van der Waals surface area (Å²) >= 11 is 7.13.